The Kier molecular flexibility index (Phi) is 5.05. The average molecular weight is 379 g/mol. The van der Waals surface area contributed by atoms with Crippen molar-refractivity contribution >= 4 is 51.1 Å². The lowest BCUT2D eigenvalue weighted by molar-refractivity contribution is 0.396. The van der Waals surface area contributed by atoms with E-state index in [-0.39, 0.29) is 0 Å². The van der Waals surface area contributed by atoms with E-state index in [4.69, 9.17) is 26.8 Å². The number of rotatable bonds is 6. The van der Waals surface area contributed by atoms with Gasteiger partial charge in [0.1, 0.15) is 23.5 Å². The van der Waals surface area contributed by atoms with E-state index in [0.717, 1.165) is 0 Å². The van der Waals surface area contributed by atoms with Crippen LogP contribution in [-0.2, 0) is 0 Å². The van der Waals surface area contributed by atoms with E-state index in [1.807, 2.05) is 5.38 Å². The molecule has 3 rings (SSSR count). The van der Waals surface area contributed by atoms with Crippen LogP contribution in [0.25, 0.3) is 0 Å². The van der Waals surface area contributed by atoms with Gasteiger partial charge in [0.25, 0.3) is 0 Å². The summed E-state index contributed by atoms with van der Waals surface area (Å²) in [7, 11) is 3.08. The fourth-order valence-corrected chi connectivity index (χ4v) is 2.84. The molecule has 8 nitrogen and oxygen atoms in total. The molecule has 0 spiro atoms. The second kappa shape index (κ2) is 7.41. The molecule has 2 heterocycles. The molecule has 25 heavy (non-hydrogen) atoms. The lowest BCUT2D eigenvalue weighted by Crippen LogP contribution is -2.06. The number of anilines is 5. The van der Waals surface area contributed by atoms with Crippen LogP contribution in [-0.4, -0.2) is 29.2 Å². The normalized spacial score (nSPS) is 10.4. The fourth-order valence-electron chi connectivity index (χ4n) is 2.07. The number of methoxy groups -OCH3 is 2. The summed E-state index contributed by atoms with van der Waals surface area (Å²) in [5, 5.41) is 9.12. The molecular weight excluding hydrogens is 364 g/mol. The number of thiazole rings is 1. The Morgan fingerprint density at radius 2 is 1.76 bits per heavy atom. The van der Waals surface area contributed by atoms with Crippen molar-refractivity contribution in [1.82, 2.24) is 15.0 Å². The summed E-state index contributed by atoms with van der Waals surface area (Å²) in [5.41, 5.74) is 7.10. The third-order valence-electron chi connectivity index (χ3n) is 3.27. The maximum atomic E-state index is 6.19. The van der Waals surface area contributed by atoms with Crippen molar-refractivity contribution < 1.29 is 9.47 Å². The highest BCUT2D eigenvalue weighted by Gasteiger charge is 2.14. The van der Waals surface area contributed by atoms with Crippen molar-refractivity contribution in [1.29, 1.82) is 0 Å². The van der Waals surface area contributed by atoms with Crippen LogP contribution < -0.4 is 25.8 Å². The quantitative estimate of drug-likeness (QED) is 0.596. The molecule has 0 aliphatic heterocycles. The first kappa shape index (κ1) is 17.1. The van der Waals surface area contributed by atoms with E-state index in [9.17, 15) is 0 Å². The van der Waals surface area contributed by atoms with Gasteiger partial charge in [0, 0.05) is 17.6 Å². The van der Waals surface area contributed by atoms with Gasteiger partial charge >= 0.3 is 0 Å². The third-order valence-corrected chi connectivity index (χ3v) is 4.25. The SMILES string of the molecule is COc1cc(OC)c(Nc2ncnc(Nc3nccs3)c2N)cc1Cl. The van der Waals surface area contributed by atoms with Crippen LogP contribution in [0.4, 0.5) is 28.1 Å². The van der Waals surface area contributed by atoms with Crippen LogP contribution in [0, 0.1) is 0 Å². The topological polar surface area (TPSA) is 107 Å². The highest BCUT2D eigenvalue weighted by atomic mass is 35.5. The zero-order chi connectivity index (χ0) is 17.8. The first-order valence-electron chi connectivity index (χ1n) is 7.08. The Morgan fingerprint density at radius 1 is 1.04 bits per heavy atom. The predicted molar refractivity (Wildman–Crippen MR) is 99.7 cm³/mol. The van der Waals surface area contributed by atoms with Gasteiger partial charge in [-0.25, -0.2) is 15.0 Å². The molecule has 0 saturated carbocycles. The van der Waals surface area contributed by atoms with Crippen LogP contribution in [0.15, 0.2) is 30.0 Å². The van der Waals surface area contributed by atoms with Gasteiger partial charge in [-0.2, -0.15) is 0 Å². The molecule has 130 valence electrons. The molecule has 4 N–H and O–H groups in total. The van der Waals surface area contributed by atoms with Crippen molar-refractivity contribution in [3.63, 3.8) is 0 Å². The number of nitrogen functional groups attached to an aromatic ring is 1. The molecule has 0 radical (unpaired) electrons. The predicted octanol–water partition coefficient (Wildman–Crippen LogP) is 3.67. The van der Waals surface area contributed by atoms with Crippen LogP contribution in [0.1, 0.15) is 0 Å². The van der Waals surface area contributed by atoms with Gasteiger partial charge in [-0.3, -0.25) is 0 Å². The molecule has 0 atom stereocenters. The van der Waals surface area contributed by atoms with E-state index >= 15 is 0 Å². The lowest BCUT2D eigenvalue weighted by atomic mass is 10.2. The fraction of sp³-hybridized carbons (Fsp3) is 0.133. The van der Waals surface area contributed by atoms with E-state index in [1.165, 1.54) is 24.8 Å². The van der Waals surface area contributed by atoms with Gasteiger partial charge in [0.15, 0.2) is 16.8 Å². The van der Waals surface area contributed by atoms with Crippen LogP contribution in [0.2, 0.25) is 5.02 Å². The molecule has 3 aromatic rings. The Morgan fingerprint density at radius 3 is 2.40 bits per heavy atom. The molecule has 2 aromatic heterocycles. The smallest absolute Gasteiger partial charge is 0.188 e. The number of benzene rings is 1. The van der Waals surface area contributed by atoms with Crippen LogP contribution in [0.3, 0.4) is 0 Å². The first-order valence-corrected chi connectivity index (χ1v) is 8.33. The minimum absolute atomic E-state index is 0.340. The monoisotopic (exact) mass is 378 g/mol. The molecule has 0 unspecified atom stereocenters. The maximum Gasteiger partial charge on any atom is 0.188 e. The molecule has 0 bridgehead atoms. The van der Waals surface area contributed by atoms with E-state index < -0.39 is 0 Å². The van der Waals surface area contributed by atoms with Crippen molar-refractivity contribution in [3.8, 4) is 11.5 Å². The van der Waals surface area contributed by atoms with Gasteiger partial charge in [0.2, 0.25) is 0 Å². The largest absolute Gasteiger partial charge is 0.495 e. The number of nitrogens with two attached hydrogens (primary N) is 1. The Balaban J connectivity index is 1.92. The number of nitrogens with one attached hydrogen (secondary N) is 2. The summed E-state index contributed by atoms with van der Waals surface area (Å²) < 4.78 is 10.5. The number of hydrogen-bond donors (Lipinski definition) is 3. The van der Waals surface area contributed by atoms with Gasteiger partial charge in [-0.05, 0) is 6.07 Å². The molecule has 0 saturated heterocycles. The van der Waals surface area contributed by atoms with Crippen molar-refractivity contribution in [2.75, 3.05) is 30.6 Å². The summed E-state index contributed by atoms with van der Waals surface area (Å²) in [6, 6.07) is 3.35. The summed E-state index contributed by atoms with van der Waals surface area (Å²) >= 11 is 7.63. The number of hydrogen-bond acceptors (Lipinski definition) is 9. The molecule has 10 heteroatoms. The van der Waals surface area contributed by atoms with Gasteiger partial charge in [-0.15, -0.1) is 11.3 Å². The Labute approximate surface area is 153 Å². The molecular formula is C15H15ClN6O2S. The van der Waals surface area contributed by atoms with Gasteiger partial charge in [-0.1, -0.05) is 11.6 Å². The standard InChI is InChI=1S/C15H15ClN6O2S/c1-23-10-6-11(24-2)9(5-8(10)16)21-13-12(17)14(20-7-19-13)22-15-18-3-4-25-15/h3-7H,17H2,1-2H3,(H2,18,19,20,21,22). The summed E-state index contributed by atoms with van der Waals surface area (Å²) in [5.74, 6) is 1.90. The van der Waals surface area contributed by atoms with Gasteiger partial charge in [0.05, 0.1) is 24.9 Å². The van der Waals surface area contributed by atoms with Crippen molar-refractivity contribution in [2.45, 2.75) is 0 Å². The van der Waals surface area contributed by atoms with Crippen LogP contribution in [0.5, 0.6) is 11.5 Å². The van der Waals surface area contributed by atoms with Crippen molar-refractivity contribution in [2.24, 2.45) is 0 Å². The number of halogens is 1. The Hall–Kier alpha value is -2.78. The lowest BCUT2D eigenvalue weighted by Gasteiger charge is -2.15. The maximum absolute atomic E-state index is 6.19. The minimum Gasteiger partial charge on any atom is -0.495 e. The molecule has 0 aliphatic rings. The summed E-state index contributed by atoms with van der Waals surface area (Å²) in [6.07, 6.45) is 3.08. The third kappa shape index (κ3) is 3.67. The summed E-state index contributed by atoms with van der Waals surface area (Å²) in [4.78, 5) is 12.5. The summed E-state index contributed by atoms with van der Waals surface area (Å²) in [6.45, 7) is 0. The highest BCUT2D eigenvalue weighted by Crippen LogP contribution is 2.38. The molecule has 0 aliphatic carbocycles. The molecule has 1 aromatic carbocycles. The van der Waals surface area contributed by atoms with Crippen molar-refractivity contribution in [3.05, 3.63) is 35.1 Å². The zero-order valence-electron chi connectivity index (χ0n) is 13.4. The second-order valence-electron chi connectivity index (χ2n) is 4.76. The van der Waals surface area contributed by atoms with Gasteiger partial charge < -0.3 is 25.8 Å². The van der Waals surface area contributed by atoms with E-state index in [2.05, 4.69) is 25.6 Å². The number of nitrogens with zero attached hydrogens (tertiary/aromatic N) is 3. The Bertz CT molecular complexity index is 875. The first-order chi connectivity index (χ1) is 12.1. The van der Waals surface area contributed by atoms with Crippen LogP contribution >= 0.6 is 22.9 Å². The number of aromatic nitrogens is 3. The van der Waals surface area contributed by atoms with E-state index in [0.29, 0.717) is 44.7 Å². The molecule has 0 amide bonds. The average Bonchev–Trinajstić information content (AvgIpc) is 3.12. The van der Waals surface area contributed by atoms with E-state index in [1.54, 1.807) is 25.4 Å². The second-order valence-corrected chi connectivity index (χ2v) is 6.06. The molecule has 0 fully saturated rings. The number of ether oxygens (including phenoxy) is 2. The highest BCUT2D eigenvalue weighted by molar-refractivity contribution is 7.13. The zero-order valence-corrected chi connectivity index (χ0v) is 15.0. The minimum atomic E-state index is 0.340.